The van der Waals surface area contributed by atoms with Gasteiger partial charge >= 0.3 is 0 Å². The molecule has 1 aromatic carbocycles. The van der Waals surface area contributed by atoms with Crippen molar-refractivity contribution in [3.05, 3.63) is 46.8 Å². The van der Waals surface area contributed by atoms with E-state index >= 15 is 0 Å². The van der Waals surface area contributed by atoms with Gasteiger partial charge in [0.25, 0.3) is 0 Å². The number of fused-ring (bicyclic) bond motifs is 1. The lowest BCUT2D eigenvalue weighted by Crippen LogP contribution is -1.95. The molecule has 1 fully saturated rings. The second kappa shape index (κ2) is 5.45. The average Bonchev–Trinajstić information content (AvgIpc) is 2.93. The van der Waals surface area contributed by atoms with Crippen molar-refractivity contribution in [1.82, 2.24) is 9.97 Å². The van der Waals surface area contributed by atoms with Gasteiger partial charge in [0, 0.05) is 11.6 Å². The normalized spacial score (nSPS) is 24.4. The highest BCUT2D eigenvalue weighted by Gasteiger charge is 2.60. The predicted molar refractivity (Wildman–Crippen MR) is 92.1 cm³/mol. The van der Waals surface area contributed by atoms with Crippen LogP contribution in [0.25, 0.3) is 0 Å². The van der Waals surface area contributed by atoms with Gasteiger partial charge in [-0.2, -0.15) is 0 Å². The summed E-state index contributed by atoms with van der Waals surface area (Å²) in [6.07, 6.45) is 5.71. The first kappa shape index (κ1) is 15.1. The maximum absolute atomic E-state index is 5.74. The van der Waals surface area contributed by atoms with E-state index in [1.54, 1.807) is 16.7 Å². The summed E-state index contributed by atoms with van der Waals surface area (Å²) in [6, 6.07) is 6.85. The number of rotatable bonds is 2. The van der Waals surface area contributed by atoms with Crippen LogP contribution in [0.5, 0.6) is 0 Å². The number of nitrogens with one attached hydrogen (secondary N) is 1. The van der Waals surface area contributed by atoms with Crippen LogP contribution in [0, 0.1) is 5.41 Å². The van der Waals surface area contributed by atoms with Crippen LogP contribution in [0.2, 0.25) is 0 Å². The number of hydrogen-bond acceptors (Lipinski definition) is 2. The van der Waals surface area contributed by atoms with Crippen molar-refractivity contribution in [2.45, 2.75) is 58.8 Å². The van der Waals surface area contributed by atoms with E-state index in [0.29, 0.717) is 17.8 Å². The van der Waals surface area contributed by atoms with Gasteiger partial charge in [0.15, 0.2) is 5.95 Å². The lowest BCUT2D eigenvalue weighted by Gasteiger charge is -2.09. The van der Waals surface area contributed by atoms with Gasteiger partial charge in [-0.25, -0.2) is 4.98 Å². The van der Waals surface area contributed by atoms with E-state index in [0.717, 1.165) is 0 Å². The summed E-state index contributed by atoms with van der Waals surface area (Å²) in [5.41, 5.74) is 11.9. The van der Waals surface area contributed by atoms with Gasteiger partial charge in [-0.1, -0.05) is 45.9 Å². The summed E-state index contributed by atoms with van der Waals surface area (Å²) in [7, 11) is 0. The molecule has 0 spiro atoms. The zero-order valence-electron chi connectivity index (χ0n) is 14.1. The van der Waals surface area contributed by atoms with Crippen LogP contribution in [0.1, 0.15) is 68.3 Å². The van der Waals surface area contributed by atoms with E-state index in [-0.39, 0.29) is 5.41 Å². The number of aromatic amines is 1. The van der Waals surface area contributed by atoms with Gasteiger partial charge in [-0.05, 0) is 47.3 Å². The Morgan fingerprint density at radius 2 is 1.95 bits per heavy atom. The number of H-pyrrole nitrogens is 1. The third-order valence-corrected chi connectivity index (χ3v) is 5.29. The molecule has 2 atom stereocenters. The van der Waals surface area contributed by atoms with E-state index in [1.165, 1.54) is 25.0 Å². The molecule has 0 bridgehead atoms. The Labute approximate surface area is 133 Å². The predicted octanol–water partition coefficient (Wildman–Crippen LogP) is 4.41. The van der Waals surface area contributed by atoms with Crippen LogP contribution in [0.3, 0.4) is 0 Å². The second-order valence-corrected chi connectivity index (χ2v) is 6.84. The van der Waals surface area contributed by atoms with Gasteiger partial charge < -0.3 is 10.7 Å². The molecule has 1 heterocycles. The molecule has 3 N–H and O–H groups in total. The molecule has 1 unspecified atom stereocenters. The SMILES string of the molecule is CC.CC1(C)C(c2cnc(N)[nH]2)[C@@H]1c1cccc2c1CCC2. The van der Waals surface area contributed by atoms with E-state index in [2.05, 4.69) is 42.0 Å². The maximum Gasteiger partial charge on any atom is 0.197 e. The highest BCUT2D eigenvalue weighted by Crippen LogP contribution is 2.70. The molecule has 4 rings (SSSR count). The lowest BCUT2D eigenvalue weighted by atomic mass is 9.96. The van der Waals surface area contributed by atoms with Crippen molar-refractivity contribution < 1.29 is 0 Å². The summed E-state index contributed by atoms with van der Waals surface area (Å²) in [6.45, 7) is 8.71. The van der Waals surface area contributed by atoms with Gasteiger partial charge in [-0.3, -0.25) is 0 Å². The molecule has 1 saturated carbocycles. The van der Waals surface area contributed by atoms with Crippen LogP contribution in [0.15, 0.2) is 24.4 Å². The molecule has 1 aromatic heterocycles. The summed E-state index contributed by atoms with van der Waals surface area (Å²) < 4.78 is 0. The van der Waals surface area contributed by atoms with Crippen LogP contribution >= 0.6 is 0 Å². The zero-order valence-corrected chi connectivity index (χ0v) is 14.1. The Balaban J connectivity index is 0.000000693. The van der Waals surface area contributed by atoms with Crippen LogP contribution in [0.4, 0.5) is 5.95 Å². The largest absolute Gasteiger partial charge is 0.369 e. The van der Waals surface area contributed by atoms with Crippen LogP contribution < -0.4 is 5.73 Å². The molecular formula is C19H27N3. The van der Waals surface area contributed by atoms with E-state index in [4.69, 9.17) is 5.73 Å². The van der Waals surface area contributed by atoms with Crippen LogP contribution in [-0.2, 0) is 12.8 Å². The highest BCUT2D eigenvalue weighted by atomic mass is 15.0. The van der Waals surface area contributed by atoms with Crippen LogP contribution in [-0.4, -0.2) is 9.97 Å². The minimum Gasteiger partial charge on any atom is -0.369 e. The summed E-state index contributed by atoms with van der Waals surface area (Å²) in [5, 5.41) is 0. The number of nitrogens with two attached hydrogens (primary N) is 1. The Kier molecular flexibility index (Phi) is 3.75. The lowest BCUT2D eigenvalue weighted by molar-refractivity contribution is 0.597. The van der Waals surface area contributed by atoms with Crippen molar-refractivity contribution >= 4 is 5.95 Å². The monoisotopic (exact) mass is 297 g/mol. The van der Waals surface area contributed by atoms with Crippen molar-refractivity contribution in [1.29, 1.82) is 0 Å². The first-order valence-corrected chi connectivity index (χ1v) is 8.50. The standard InChI is InChI=1S/C17H21N3.C2H6/c1-17(2)14(15(17)13-9-19-16(18)20-13)12-8-4-6-10-5-3-7-11(10)12;1-2/h4,6,8-9,14-15H,3,5,7H2,1-2H3,(H3,18,19,20);1-2H3/t14-,15?;/m0./s1. The summed E-state index contributed by atoms with van der Waals surface area (Å²) in [5.74, 6) is 1.63. The Hall–Kier alpha value is -1.77. The molecule has 0 saturated heterocycles. The number of nitrogen functional groups attached to an aromatic ring is 1. The fourth-order valence-electron chi connectivity index (χ4n) is 4.25. The number of benzene rings is 1. The molecule has 118 valence electrons. The first-order chi connectivity index (χ1) is 10.6. The number of anilines is 1. The number of aryl methyl sites for hydroxylation is 1. The summed E-state index contributed by atoms with van der Waals surface area (Å²) >= 11 is 0. The van der Waals surface area contributed by atoms with E-state index in [1.807, 2.05) is 20.0 Å². The van der Waals surface area contributed by atoms with Crippen molar-refractivity contribution in [3.63, 3.8) is 0 Å². The number of nitrogens with zero attached hydrogens (tertiary/aromatic N) is 1. The minimum absolute atomic E-state index is 0.288. The molecule has 22 heavy (non-hydrogen) atoms. The number of imidazole rings is 1. The number of hydrogen-bond donors (Lipinski definition) is 2. The van der Waals surface area contributed by atoms with Gasteiger partial charge in [0.1, 0.15) is 0 Å². The molecule has 0 aliphatic heterocycles. The van der Waals surface area contributed by atoms with Gasteiger partial charge in [-0.15, -0.1) is 0 Å². The Bertz CT molecular complexity index is 669. The molecule has 0 radical (unpaired) electrons. The second-order valence-electron chi connectivity index (χ2n) is 6.84. The molecule has 3 nitrogen and oxygen atoms in total. The molecule has 2 aliphatic rings. The first-order valence-electron chi connectivity index (χ1n) is 8.50. The molecule has 2 aromatic rings. The number of aromatic nitrogens is 2. The molecule has 2 aliphatic carbocycles. The molecule has 3 heteroatoms. The van der Waals surface area contributed by atoms with E-state index in [9.17, 15) is 0 Å². The van der Waals surface area contributed by atoms with Crippen molar-refractivity contribution in [3.8, 4) is 0 Å². The fraction of sp³-hybridized carbons (Fsp3) is 0.526. The summed E-state index contributed by atoms with van der Waals surface area (Å²) in [4.78, 5) is 7.39. The van der Waals surface area contributed by atoms with Crippen molar-refractivity contribution in [2.24, 2.45) is 5.41 Å². The Morgan fingerprint density at radius 1 is 1.18 bits per heavy atom. The van der Waals surface area contributed by atoms with Gasteiger partial charge in [0.2, 0.25) is 0 Å². The zero-order chi connectivity index (χ0) is 15.9. The third-order valence-electron chi connectivity index (χ3n) is 5.29. The fourth-order valence-corrected chi connectivity index (χ4v) is 4.25. The van der Waals surface area contributed by atoms with Crippen molar-refractivity contribution in [2.75, 3.05) is 5.73 Å². The Morgan fingerprint density at radius 3 is 2.64 bits per heavy atom. The third kappa shape index (κ3) is 2.23. The maximum atomic E-state index is 5.74. The van der Waals surface area contributed by atoms with Gasteiger partial charge in [0.05, 0.1) is 6.20 Å². The smallest absolute Gasteiger partial charge is 0.197 e. The van der Waals surface area contributed by atoms with E-state index < -0.39 is 0 Å². The molecular weight excluding hydrogens is 270 g/mol. The average molecular weight is 297 g/mol. The minimum atomic E-state index is 0.288. The highest BCUT2D eigenvalue weighted by molar-refractivity contribution is 5.48. The quantitative estimate of drug-likeness (QED) is 0.862. The molecule has 0 amide bonds. The topological polar surface area (TPSA) is 54.7 Å².